The first kappa shape index (κ1) is 10.1. The molecule has 0 aromatic carbocycles. The largest absolute Gasteiger partial charge is 0.240 e. The molecule has 0 aliphatic heterocycles. The maximum absolute atomic E-state index is 13.3. The molecule has 3 rings (SSSR count). The van der Waals surface area contributed by atoms with Gasteiger partial charge in [0, 0.05) is 6.42 Å². The fourth-order valence-electron chi connectivity index (χ4n) is 1.80. The number of hydrogen-bond acceptors (Lipinski definition) is 3. The van der Waals surface area contributed by atoms with Gasteiger partial charge in [-0.1, -0.05) is 11.6 Å². The van der Waals surface area contributed by atoms with Crippen molar-refractivity contribution in [3.8, 4) is 11.3 Å². The average molecular weight is 301 g/mol. The molecular weight excluding hydrogens is 296 g/mol. The lowest BCUT2D eigenvalue weighted by atomic mass is 10.2. The van der Waals surface area contributed by atoms with Gasteiger partial charge in [-0.25, -0.2) is 19.3 Å². The summed E-state index contributed by atoms with van der Waals surface area (Å²) in [5, 5.41) is 0.356. The maximum atomic E-state index is 13.3. The molecule has 0 radical (unpaired) electrons. The Bertz CT molecular complexity index is 603. The zero-order valence-electron chi connectivity index (χ0n) is 7.84. The van der Waals surface area contributed by atoms with E-state index in [-0.39, 0.29) is 10.4 Å². The van der Waals surface area contributed by atoms with Crippen molar-refractivity contribution in [2.45, 2.75) is 6.42 Å². The minimum Gasteiger partial charge on any atom is -0.240 e. The van der Waals surface area contributed by atoms with Crippen molar-refractivity contribution in [3.63, 3.8) is 0 Å². The predicted octanol–water partition coefficient (Wildman–Crippen LogP) is 3.00. The van der Waals surface area contributed by atoms with Crippen molar-refractivity contribution in [3.05, 3.63) is 39.2 Å². The number of rotatable bonds is 0. The summed E-state index contributed by atoms with van der Waals surface area (Å²) < 4.78 is 13.5. The lowest BCUT2D eigenvalue weighted by molar-refractivity contribution is 0.612. The van der Waals surface area contributed by atoms with Gasteiger partial charge in [0.05, 0.1) is 17.0 Å². The second-order valence-electron chi connectivity index (χ2n) is 3.43. The molecule has 2 aromatic rings. The Morgan fingerprint density at radius 3 is 3.00 bits per heavy atom. The highest BCUT2D eigenvalue weighted by Gasteiger charge is 2.25. The molecule has 1 aliphatic rings. The monoisotopic (exact) mass is 299 g/mol. The number of pyridine rings is 1. The van der Waals surface area contributed by atoms with Gasteiger partial charge in [-0.3, -0.25) is 0 Å². The van der Waals surface area contributed by atoms with E-state index < -0.39 is 0 Å². The minimum absolute atomic E-state index is 0.180. The van der Waals surface area contributed by atoms with Gasteiger partial charge in [-0.2, -0.15) is 0 Å². The van der Waals surface area contributed by atoms with Gasteiger partial charge in [0.15, 0.2) is 5.82 Å². The Labute approximate surface area is 104 Å². The summed E-state index contributed by atoms with van der Waals surface area (Å²) >= 11 is 9.04. The Balaban J connectivity index is 2.32. The third-order valence-electron chi connectivity index (χ3n) is 2.49. The molecule has 0 saturated carbocycles. The number of fused-ring (bicyclic) bond motifs is 3. The van der Waals surface area contributed by atoms with Crippen LogP contribution in [0.25, 0.3) is 11.3 Å². The van der Waals surface area contributed by atoms with E-state index in [4.69, 9.17) is 11.6 Å². The fourth-order valence-corrected chi connectivity index (χ4v) is 2.34. The highest BCUT2D eigenvalue weighted by molar-refractivity contribution is 9.10. The highest BCUT2D eigenvalue weighted by Crippen LogP contribution is 2.38. The van der Waals surface area contributed by atoms with Gasteiger partial charge >= 0.3 is 0 Å². The zero-order chi connectivity index (χ0) is 11.3. The second kappa shape index (κ2) is 3.46. The normalized spacial score (nSPS) is 12.4. The van der Waals surface area contributed by atoms with Crippen molar-refractivity contribution in [1.29, 1.82) is 0 Å². The van der Waals surface area contributed by atoms with Crippen LogP contribution in [0, 0.1) is 5.82 Å². The van der Waals surface area contributed by atoms with E-state index in [0.717, 1.165) is 11.3 Å². The molecule has 80 valence electrons. The third-order valence-corrected chi connectivity index (χ3v) is 3.33. The van der Waals surface area contributed by atoms with E-state index in [0.29, 0.717) is 22.8 Å². The van der Waals surface area contributed by atoms with E-state index in [2.05, 4.69) is 30.9 Å². The summed E-state index contributed by atoms with van der Waals surface area (Å²) in [4.78, 5) is 12.2. The minimum atomic E-state index is -0.379. The van der Waals surface area contributed by atoms with Crippen molar-refractivity contribution in [2.75, 3.05) is 0 Å². The number of nitrogens with zero attached hydrogens (tertiary/aromatic N) is 3. The second-order valence-corrected chi connectivity index (χ2v) is 4.54. The van der Waals surface area contributed by atoms with Gasteiger partial charge in [0.25, 0.3) is 0 Å². The first-order chi connectivity index (χ1) is 7.66. The van der Waals surface area contributed by atoms with E-state index in [1.807, 2.05) is 0 Å². The van der Waals surface area contributed by atoms with Crippen molar-refractivity contribution in [2.24, 2.45) is 0 Å². The van der Waals surface area contributed by atoms with E-state index in [1.165, 1.54) is 12.4 Å². The predicted molar refractivity (Wildman–Crippen MR) is 60.7 cm³/mol. The molecule has 0 fully saturated rings. The summed E-state index contributed by atoms with van der Waals surface area (Å²) in [6, 6.07) is 1.45. The quantitative estimate of drug-likeness (QED) is 0.473. The molecule has 0 spiro atoms. The molecule has 0 amide bonds. The fraction of sp³-hybridized carbons (Fsp3) is 0.100. The lowest BCUT2D eigenvalue weighted by Crippen LogP contribution is -1.91. The number of aromatic nitrogens is 3. The van der Waals surface area contributed by atoms with E-state index in [1.54, 1.807) is 0 Å². The van der Waals surface area contributed by atoms with E-state index >= 15 is 0 Å². The lowest BCUT2D eigenvalue weighted by Gasteiger charge is -2.02. The van der Waals surface area contributed by atoms with Gasteiger partial charge < -0.3 is 0 Å². The summed E-state index contributed by atoms with van der Waals surface area (Å²) in [7, 11) is 0. The molecule has 16 heavy (non-hydrogen) atoms. The molecule has 0 unspecified atom stereocenters. The van der Waals surface area contributed by atoms with Crippen LogP contribution in [-0.2, 0) is 6.42 Å². The van der Waals surface area contributed by atoms with Crippen LogP contribution in [0.3, 0.4) is 0 Å². The molecule has 0 saturated heterocycles. The van der Waals surface area contributed by atoms with Gasteiger partial charge in [0.2, 0.25) is 0 Å². The van der Waals surface area contributed by atoms with Crippen molar-refractivity contribution < 1.29 is 4.39 Å². The smallest absolute Gasteiger partial charge is 0.156 e. The Hall–Kier alpha value is -1.07. The Morgan fingerprint density at radius 1 is 1.38 bits per heavy atom. The molecule has 2 aromatic heterocycles. The zero-order valence-corrected chi connectivity index (χ0v) is 10.2. The first-order valence-corrected chi connectivity index (χ1v) is 5.68. The number of hydrogen-bond donors (Lipinski definition) is 0. The summed E-state index contributed by atoms with van der Waals surface area (Å²) in [6.45, 7) is 0. The molecular formula is C10H4BrClFN3. The Morgan fingerprint density at radius 2 is 2.19 bits per heavy atom. The number of halogens is 3. The summed E-state index contributed by atoms with van der Waals surface area (Å²) in [5.41, 5.74) is 2.95. The van der Waals surface area contributed by atoms with Crippen molar-refractivity contribution >= 4 is 27.5 Å². The summed E-state index contributed by atoms with van der Waals surface area (Å²) in [5.74, 6) is -0.379. The molecule has 0 bridgehead atoms. The first-order valence-electron chi connectivity index (χ1n) is 4.51. The third kappa shape index (κ3) is 1.35. The van der Waals surface area contributed by atoms with Crippen LogP contribution >= 0.6 is 27.5 Å². The topological polar surface area (TPSA) is 38.7 Å². The van der Waals surface area contributed by atoms with Crippen LogP contribution in [0.4, 0.5) is 4.39 Å². The van der Waals surface area contributed by atoms with Gasteiger partial charge in [-0.15, -0.1) is 0 Å². The molecule has 0 atom stereocenters. The highest BCUT2D eigenvalue weighted by atomic mass is 79.9. The van der Waals surface area contributed by atoms with Crippen LogP contribution in [0.1, 0.15) is 11.3 Å². The maximum Gasteiger partial charge on any atom is 0.156 e. The molecule has 3 nitrogen and oxygen atoms in total. The van der Waals surface area contributed by atoms with Crippen LogP contribution in [-0.4, -0.2) is 15.0 Å². The standard InChI is InChI=1S/C10H4BrClFN3/c11-9-5(13)1-4-2-6-7(8(4)16-9)10(12)15-3-14-6/h1,3H,2H2. The average Bonchev–Trinajstić information content (AvgIpc) is 2.58. The van der Waals surface area contributed by atoms with Crippen LogP contribution in [0.2, 0.25) is 5.15 Å². The summed E-state index contributed by atoms with van der Waals surface area (Å²) in [6.07, 6.45) is 1.95. The Kier molecular flexibility index (Phi) is 2.19. The van der Waals surface area contributed by atoms with Crippen LogP contribution < -0.4 is 0 Å². The van der Waals surface area contributed by atoms with Gasteiger partial charge in [-0.05, 0) is 27.6 Å². The molecule has 6 heteroatoms. The molecule has 0 N–H and O–H groups in total. The molecule has 2 heterocycles. The van der Waals surface area contributed by atoms with Gasteiger partial charge in [0.1, 0.15) is 16.1 Å². The molecule has 1 aliphatic carbocycles. The van der Waals surface area contributed by atoms with Crippen LogP contribution in [0.15, 0.2) is 17.0 Å². The van der Waals surface area contributed by atoms with E-state index in [9.17, 15) is 4.39 Å². The SMILES string of the molecule is Fc1cc2c(nc1Br)-c1c(Cl)ncnc1C2. The van der Waals surface area contributed by atoms with Crippen LogP contribution in [0.5, 0.6) is 0 Å². The van der Waals surface area contributed by atoms with Crippen molar-refractivity contribution in [1.82, 2.24) is 15.0 Å².